The fourth-order valence-electron chi connectivity index (χ4n) is 2.38. The highest BCUT2D eigenvalue weighted by Crippen LogP contribution is 2.21. The maximum Gasteiger partial charge on any atom is 0.133 e. The molecule has 1 heterocycles. The lowest BCUT2D eigenvalue weighted by Gasteiger charge is -2.18. The molecule has 3 heteroatoms. The molecule has 0 N–H and O–H groups in total. The molecular formula is C18H30N2O. The van der Waals surface area contributed by atoms with Crippen LogP contribution in [0.15, 0.2) is 6.07 Å². The van der Waals surface area contributed by atoms with Crippen LogP contribution in [0.5, 0.6) is 0 Å². The zero-order valence-electron chi connectivity index (χ0n) is 14.7. The van der Waals surface area contributed by atoms with Crippen molar-refractivity contribution in [1.29, 1.82) is 0 Å². The quantitative estimate of drug-likeness (QED) is 0.811. The average Bonchev–Trinajstić information content (AvgIpc) is 2.20. The van der Waals surface area contributed by atoms with Gasteiger partial charge >= 0.3 is 0 Å². The van der Waals surface area contributed by atoms with Crippen molar-refractivity contribution in [2.75, 3.05) is 0 Å². The van der Waals surface area contributed by atoms with Crippen LogP contribution < -0.4 is 0 Å². The summed E-state index contributed by atoms with van der Waals surface area (Å²) in [5.41, 5.74) is 2.33. The maximum atomic E-state index is 12.0. The Kier molecular flexibility index (Phi) is 5.66. The first-order valence-corrected chi connectivity index (χ1v) is 7.80. The van der Waals surface area contributed by atoms with Crippen molar-refractivity contribution >= 4 is 5.78 Å². The van der Waals surface area contributed by atoms with E-state index >= 15 is 0 Å². The largest absolute Gasteiger partial charge is 0.300 e. The third-order valence-electron chi connectivity index (χ3n) is 3.02. The standard InChI is InChI=1S/C18H30N2O/c1-13-10-14(11-17(2,3)4)20-16(19-13)9-8-15(21)12-18(5,6)7/h10H,8-9,11-12H2,1-7H3. The Morgan fingerprint density at radius 1 is 1.05 bits per heavy atom. The smallest absolute Gasteiger partial charge is 0.133 e. The second kappa shape index (κ2) is 6.67. The van der Waals surface area contributed by atoms with Gasteiger partial charge in [-0.15, -0.1) is 0 Å². The maximum absolute atomic E-state index is 12.0. The molecule has 0 saturated carbocycles. The minimum atomic E-state index is 0.0575. The van der Waals surface area contributed by atoms with Crippen LogP contribution in [0, 0.1) is 17.8 Å². The number of rotatable bonds is 5. The third-order valence-corrected chi connectivity index (χ3v) is 3.02. The van der Waals surface area contributed by atoms with Crippen LogP contribution in [0.4, 0.5) is 0 Å². The van der Waals surface area contributed by atoms with Crippen LogP contribution in [-0.2, 0) is 17.6 Å². The van der Waals surface area contributed by atoms with Gasteiger partial charge in [0.2, 0.25) is 0 Å². The second-order valence-electron chi connectivity index (χ2n) is 8.43. The van der Waals surface area contributed by atoms with Gasteiger partial charge in [0.15, 0.2) is 0 Å². The molecule has 0 unspecified atom stereocenters. The van der Waals surface area contributed by atoms with Crippen molar-refractivity contribution in [2.24, 2.45) is 10.8 Å². The molecule has 0 bridgehead atoms. The van der Waals surface area contributed by atoms with Crippen LogP contribution in [0.25, 0.3) is 0 Å². The minimum absolute atomic E-state index is 0.0575. The molecule has 0 aromatic carbocycles. The van der Waals surface area contributed by atoms with Gasteiger partial charge in [0.25, 0.3) is 0 Å². The Hall–Kier alpha value is -1.25. The van der Waals surface area contributed by atoms with E-state index in [0.29, 0.717) is 25.0 Å². The molecule has 0 atom stereocenters. The Morgan fingerprint density at radius 3 is 2.19 bits per heavy atom. The fraction of sp³-hybridized carbons (Fsp3) is 0.722. The molecule has 0 amide bonds. The molecule has 1 aromatic heterocycles. The summed E-state index contributed by atoms with van der Waals surface area (Å²) in [7, 11) is 0. The van der Waals surface area contributed by atoms with E-state index in [1.54, 1.807) is 0 Å². The summed E-state index contributed by atoms with van der Waals surface area (Å²) >= 11 is 0. The predicted octanol–water partition coefficient (Wildman–Crippen LogP) is 4.31. The van der Waals surface area contributed by atoms with E-state index in [9.17, 15) is 4.79 Å². The van der Waals surface area contributed by atoms with Gasteiger partial charge in [-0.05, 0) is 30.2 Å². The summed E-state index contributed by atoms with van der Waals surface area (Å²) in [5, 5.41) is 0. The van der Waals surface area contributed by atoms with Gasteiger partial charge in [0.1, 0.15) is 11.6 Å². The van der Waals surface area contributed by atoms with Crippen LogP contribution in [-0.4, -0.2) is 15.8 Å². The molecule has 1 rings (SSSR count). The highest BCUT2D eigenvalue weighted by Gasteiger charge is 2.17. The van der Waals surface area contributed by atoms with Crippen molar-refractivity contribution in [1.82, 2.24) is 9.97 Å². The van der Waals surface area contributed by atoms with Gasteiger partial charge in [0.05, 0.1) is 0 Å². The summed E-state index contributed by atoms with van der Waals surface area (Å²) in [6.45, 7) is 14.9. The average molecular weight is 290 g/mol. The Bertz CT molecular complexity index is 493. The normalized spacial score (nSPS) is 12.5. The summed E-state index contributed by atoms with van der Waals surface area (Å²) in [6, 6.07) is 2.05. The number of nitrogens with zero attached hydrogens (tertiary/aromatic N) is 2. The highest BCUT2D eigenvalue weighted by molar-refractivity contribution is 5.79. The van der Waals surface area contributed by atoms with Crippen molar-refractivity contribution < 1.29 is 4.79 Å². The molecule has 0 fully saturated rings. The molecule has 21 heavy (non-hydrogen) atoms. The number of hydrogen-bond donors (Lipinski definition) is 0. The predicted molar refractivity (Wildman–Crippen MR) is 87.3 cm³/mol. The molecule has 1 aromatic rings. The summed E-state index contributed by atoms with van der Waals surface area (Å²) < 4.78 is 0. The van der Waals surface area contributed by atoms with Crippen molar-refractivity contribution in [3.05, 3.63) is 23.3 Å². The van der Waals surface area contributed by atoms with Crippen LogP contribution >= 0.6 is 0 Å². The zero-order chi connectivity index (χ0) is 16.3. The monoisotopic (exact) mass is 290 g/mol. The highest BCUT2D eigenvalue weighted by atomic mass is 16.1. The van der Waals surface area contributed by atoms with E-state index < -0.39 is 0 Å². The lowest BCUT2D eigenvalue weighted by Crippen LogP contribution is -2.15. The number of aromatic nitrogens is 2. The van der Waals surface area contributed by atoms with Crippen LogP contribution in [0.2, 0.25) is 0 Å². The Balaban J connectivity index is 2.69. The number of hydrogen-bond acceptors (Lipinski definition) is 3. The molecule has 0 saturated heterocycles. The molecule has 0 aliphatic heterocycles. The van der Waals surface area contributed by atoms with Crippen molar-refractivity contribution in [3.63, 3.8) is 0 Å². The van der Waals surface area contributed by atoms with E-state index in [1.807, 2.05) is 13.0 Å². The lowest BCUT2D eigenvalue weighted by molar-refractivity contribution is -0.120. The van der Waals surface area contributed by atoms with E-state index in [4.69, 9.17) is 0 Å². The van der Waals surface area contributed by atoms with Crippen LogP contribution in [0.3, 0.4) is 0 Å². The summed E-state index contributed by atoms with van der Waals surface area (Å²) in [5.74, 6) is 1.10. The number of carbonyl (C=O) groups is 1. The first kappa shape index (κ1) is 17.8. The fourth-order valence-corrected chi connectivity index (χ4v) is 2.38. The molecule has 0 aliphatic rings. The molecule has 0 radical (unpaired) electrons. The van der Waals surface area contributed by atoms with Gasteiger partial charge < -0.3 is 0 Å². The van der Waals surface area contributed by atoms with Gasteiger partial charge in [-0.25, -0.2) is 9.97 Å². The van der Waals surface area contributed by atoms with E-state index in [0.717, 1.165) is 23.6 Å². The second-order valence-corrected chi connectivity index (χ2v) is 8.43. The topological polar surface area (TPSA) is 42.9 Å². The van der Waals surface area contributed by atoms with Crippen molar-refractivity contribution in [2.45, 2.75) is 74.1 Å². The SMILES string of the molecule is Cc1cc(CC(C)(C)C)nc(CCC(=O)CC(C)(C)C)n1. The third kappa shape index (κ3) is 7.93. The molecular weight excluding hydrogens is 260 g/mol. The van der Waals surface area contributed by atoms with E-state index in [1.165, 1.54) is 0 Å². The van der Waals surface area contributed by atoms with Gasteiger partial charge in [0, 0.05) is 30.7 Å². The van der Waals surface area contributed by atoms with Gasteiger partial charge in [-0.3, -0.25) is 4.79 Å². The van der Waals surface area contributed by atoms with E-state index in [2.05, 4.69) is 51.5 Å². The molecule has 0 spiro atoms. The zero-order valence-corrected chi connectivity index (χ0v) is 14.7. The first-order chi connectivity index (χ1) is 9.44. The molecule has 3 nitrogen and oxygen atoms in total. The van der Waals surface area contributed by atoms with Crippen LogP contribution in [0.1, 0.15) is 71.6 Å². The van der Waals surface area contributed by atoms with Gasteiger partial charge in [-0.2, -0.15) is 0 Å². The Morgan fingerprint density at radius 2 is 1.67 bits per heavy atom. The summed E-state index contributed by atoms with van der Waals surface area (Å²) in [4.78, 5) is 21.1. The van der Waals surface area contributed by atoms with Gasteiger partial charge in [-0.1, -0.05) is 41.5 Å². The number of aryl methyl sites for hydroxylation is 2. The molecule has 118 valence electrons. The molecule has 0 aliphatic carbocycles. The number of Topliss-reactive ketones (excluding diaryl/α,β-unsaturated/α-hetero) is 1. The number of ketones is 1. The first-order valence-electron chi connectivity index (χ1n) is 7.80. The number of carbonyl (C=O) groups excluding carboxylic acids is 1. The minimum Gasteiger partial charge on any atom is -0.300 e. The van der Waals surface area contributed by atoms with E-state index in [-0.39, 0.29) is 10.8 Å². The lowest BCUT2D eigenvalue weighted by atomic mass is 9.88. The van der Waals surface area contributed by atoms with Crippen molar-refractivity contribution in [3.8, 4) is 0 Å². The Labute approximate surface area is 129 Å². The summed E-state index contributed by atoms with van der Waals surface area (Å²) in [6.07, 6.45) is 2.73.